The summed E-state index contributed by atoms with van der Waals surface area (Å²) < 4.78 is 5.62. The van der Waals surface area contributed by atoms with Gasteiger partial charge in [0.2, 0.25) is 0 Å². The molecule has 0 saturated heterocycles. The van der Waals surface area contributed by atoms with Crippen molar-refractivity contribution in [2.75, 3.05) is 0 Å². The summed E-state index contributed by atoms with van der Waals surface area (Å²) in [5.41, 5.74) is 0. The second-order valence-electron chi connectivity index (χ2n) is 4.11. The molecule has 14 heavy (non-hydrogen) atoms. The largest absolute Gasteiger partial charge is 0.465 e. The third kappa shape index (κ3) is 2.18. The standard InChI is InChI=1S/C12H19NO/c1-3-9-7-12(9)13-8-11-6-5-10(4-2)14-11/h5-6,9,12-13H,3-4,7-8H2,1-2H3. The van der Waals surface area contributed by atoms with Crippen molar-refractivity contribution in [3.05, 3.63) is 23.7 Å². The van der Waals surface area contributed by atoms with Gasteiger partial charge in [-0.1, -0.05) is 20.3 Å². The first-order valence-electron chi connectivity index (χ1n) is 5.64. The highest BCUT2D eigenvalue weighted by Crippen LogP contribution is 2.33. The van der Waals surface area contributed by atoms with Gasteiger partial charge in [-0.15, -0.1) is 0 Å². The fourth-order valence-corrected chi connectivity index (χ4v) is 1.89. The third-order valence-electron chi connectivity index (χ3n) is 3.05. The van der Waals surface area contributed by atoms with Crippen LogP contribution in [0.5, 0.6) is 0 Å². The summed E-state index contributed by atoms with van der Waals surface area (Å²) in [5, 5.41) is 3.52. The lowest BCUT2D eigenvalue weighted by Crippen LogP contribution is -2.16. The Hall–Kier alpha value is -0.760. The predicted octanol–water partition coefficient (Wildman–Crippen LogP) is 2.73. The zero-order valence-electron chi connectivity index (χ0n) is 9.05. The van der Waals surface area contributed by atoms with Gasteiger partial charge < -0.3 is 9.73 Å². The van der Waals surface area contributed by atoms with Crippen molar-refractivity contribution < 1.29 is 4.42 Å². The van der Waals surface area contributed by atoms with Crippen LogP contribution < -0.4 is 5.32 Å². The van der Waals surface area contributed by atoms with Gasteiger partial charge in [0.05, 0.1) is 6.54 Å². The van der Waals surface area contributed by atoms with E-state index >= 15 is 0 Å². The summed E-state index contributed by atoms with van der Waals surface area (Å²) in [5.74, 6) is 3.07. The van der Waals surface area contributed by atoms with Crippen molar-refractivity contribution in [2.24, 2.45) is 5.92 Å². The summed E-state index contributed by atoms with van der Waals surface area (Å²) in [6, 6.07) is 4.89. The van der Waals surface area contributed by atoms with Gasteiger partial charge in [0.25, 0.3) is 0 Å². The molecule has 2 rings (SSSR count). The maximum Gasteiger partial charge on any atom is 0.117 e. The van der Waals surface area contributed by atoms with Crippen molar-refractivity contribution in [3.8, 4) is 0 Å². The summed E-state index contributed by atoms with van der Waals surface area (Å²) in [6.07, 6.45) is 3.63. The van der Waals surface area contributed by atoms with Crippen LogP contribution in [0.4, 0.5) is 0 Å². The van der Waals surface area contributed by atoms with E-state index in [1.54, 1.807) is 0 Å². The topological polar surface area (TPSA) is 25.2 Å². The van der Waals surface area contributed by atoms with Crippen LogP contribution in [0.25, 0.3) is 0 Å². The summed E-state index contributed by atoms with van der Waals surface area (Å²) in [7, 11) is 0. The summed E-state index contributed by atoms with van der Waals surface area (Å²) >= 11 is 0. The Morgan fingerprint density at radius 1 is 1.36 bits per heavy atom. The van der Waals surface area contributed by atoms with E-state index in [4.69, 9.17) is 4.42 Å². The van der Waals surface area contributed by atoms with Crippen molar-refractivity contribution in [1.82, 2.24) is 5.32 Å². The summed E-state index contributed by atoms with van der Waals surface area (Å²) in [4.78, 5) is 0. The smallest absolute Gasteiger partial charge is 0.117 e. The van der Waals surface area contributed by atoms with Crippen LogP contribution in [0.15, 0.2) is 16.5 Å². The molecule has 1 aliphatic rings. The van der Waals surface area contributed by atoms with Gasteiger partial charge in [0.15, 0.2) is 0 Å². The van der Waals surface area contributed by atoms with Crippen LogP contribution >= 0.6 is 0 Å². The first-order valence-corrected chi connectivity index (χ1v) is 5.64. The zero-order chi connectivity index (χ0) is 9.97. The summed E-state index contributed by atoms with van der Waals surface area (Å²) in [6.45, 7) is 5.26. The van der Waals surface area contributed by atoms with Crippen molar-refractivity contribution in [1.29, 1.82) is 0 Å². The number of hydrogen-bond acceptors (Lipinski definition) is 2. The fraction of sp³-hybridized carbons (Fsp3) is 0.667. The second-order valence-corrected chi connectivity index (χ2v) is 4.11. The molecule has 1 heterocycles. The molecule has 0 bridgehead atoms. The van der Waals surface area contributed by atoms with Gasteiger partial charge >= 0.3 is 0 Å². The number of hydrogen-bond donors (Lipinski definition) is 1. The van der Waals surface area contributed by atoms with E-state index in [1.165, 1.54) is 12.8 Å². The van der Waals surface area contributed by atoms with Crippen LogP contribution in [-0.4, -0.2) is 6.04 Å². The van der Waals surface area contributed by atoms with Crippen LogP contribution in [-0.2, 0) is 13.0 Å². The molecule has 2 atom stereocenters. The van der Waals surface area contributed by atoms with E-state index < -0.39 is 0 Å². The van der Waals surface area contributed by atoms with Gasteiger partial charge in [-0.2, -0.15) is 0 Å². The normalized spacial score (nSPS) is 25.3. The maximum atomic E-state index is 5.62. The molecule has 0 radical (unpaired) electrons. The molecule has 1 fully saturated rings. The Labute approximate surface area is 85.7 Å². The quantitative estimate of drug-likeness (QED) is 0.777. The van der Waals surface area contributed by atoms with E-state index in [0.717, 1.165) is 36.4 Å². The van der Waals surface area contributed by atoms with Gasteiger partial charge in [-0.3, -0.25) is 0 Å². The monoisotopic (exact) mass is 193 g/mol. The number of nitrogens with one attached hydrogen (secondary N) is 1. The Morgan fingerprint density at radius 3 is 2.71 bits per heavy atom. The molecule has 1 aromatic rings. The lowest BCUT2D eigenvalue weighted by atomic mass is 10.3. The Balaban J connectivity index is 1.75. The van der Waals surface area contributed by atoms with Crippen molar-refractivity contribution in [2.45, 2.75) is 45.7 Å². The molecule has 0 spiro atoms. The van der Waals surface area contributed by atoms with E-state index in [9.17, 15) is 0 Å². The molecule has 0 aromatic carbocycles. The Bertz CT molecular complexity index is 292. The minimum Gasteiger partial charge on any atom is -0.465 e. The van der Waals surface area contributed by atoms with Gasteiger partial charge in [0, 0.05) is 12.5 Å². The number of rotatable bonds is 5. The van der Waals surface area contributed by atoms with Crippen LogP contribution in [0.2, 0.25) is 0 Å². The van der Waals surface area contributed by atoms with Crippen molar-refractivity contribution >= 4 is 0 Å². The predicted molar refractivity (Wildman–Crippen MR) is 57.1 cm³/mol. The van der Waals surface area contributed by atoms with Crippen molar-refractivity contribution in [3.63, 3.8) is 0 Å². The highest BCUT2D eigenvalue weighted by atomic mass is 16.3. The SMILES string of the molecule is CCc1ccc(CNC2CC2CC)o1. The average Bonchev–Trinajstić information content (AvgIpc) is 2.83. The Kier molecular flexibility index (Phi) is 2.92. The first-order chi connectivity index (χ1) is 6.83. The molecule has 1 saturated carbocycles. The molecule has 0 aliphatic heterocycles. The minimum absolute atomic E-state index is 0.746. The molecule has 1 N–H and O–H groups in total. The maximum absolute atomic E-state index is 5.62. The molecule has 2 unspecified atom stereocenters. The van der Waals surface area contributed by atoms with Gasteiger partial charge in [0.1, 0.15) is 11.5 Å². The lowest BCUT2D eigenvalue weighted by Gasteiger charge is -2.00. The average molecular weight is 193 g/mol. The number of aryl methyl sites for hydroxylation is 1. The van der Waals surface area contributed by atoms with E-state index in [2.05, 4.69) is 31.3 Å². The van der Waals surface area contributed by atoms with Gasteiger partial charge in [-0.05, 0) is 24.5 Å². The molecular formula is C12H19NO. The fourth-order valence-electron chi connectivity index (χ4n) is 1.89. The molecule has 78 valence electrons. The van der Waals surface area contributed by atoms with Crippen LogP contribution in [0, 0.1) is 5.92 Å². The van der Waals surface area contributed by atoms with E-state index in [-0.39, 0.29) is 0 Å². The molecule has 2 heteroatoms. The van der Waals surface area contributed by atoms with Gasteiger partial charge in [-0.25, -0.2) is 0 Å². The molecule has 2 nitrogen and oxygen atoms in total. The highest BCUT2D eigenvalue weighted by molar-refractivity contribution is 5.07. The molecule has 1 aromatic heterocycles. The molecular weight excluding hydrogens is 174 g/mol. The molecule has 1 aliphatic carbocycles. The van der Waals surface area contributed by atoms with E-state index in [0.29, 0.717) is 0 Å². The Morgan fingerprint density at radius 2 is 2.14 bits per heavy atom. The highest BCUT2D eigenvalue weighted by Gasteiger charge is 2.34. The number of furan rings is 1. The zero-order valence-corrected chi connectivity index (χ0v) is 9.05. The second kappa shape index (κ2) is 4.18. The molecule has 0 amide bonds. The third-order valence-corrected chi connectivity index (χ3v) is 3.05. The lowest BCUT2D eigenvalue weighted by molar-refractivity contribution is 0.446. The van der Waals surface area contributed by atoms with Crippen LogP contribution in [0.3, 0.4) is 0 Å². The first kappa shape index (κ1) is 9.78. The van der Waals surface area contributed by atoms with Crippen LogP contribution in [0.1, 0.15) is 38.2 Å². The minimum atomic E-state index is 0.746. The van der Waals surface area contributed by atoms with E-state index in [1.807, 2.05) is 0 Å².